The van der Waals surface area contributed by atoms with E-state index in [0.717, 1.165) is 30.4 Å². The van der Waals surface area contributed by atoms with E-state index in [1.807, 2.05) is 44.0 Å². The van der Waals surface area contributed by atoms with E-state index in [1.54, 1.807) is 0 Å². The molecule has 2 rings (SSSR count). The lowest BCUT2D eigenvalue weighted by molar-refractivity contribution is 0.711. The second kappa shape index (κ2) is 5.48. The van der Waals surface area contributed by atoms with E-state index >= 15 is 0 Å². The summed E-state index contributed by atoms with van der Waals surface area (Å²) in [5.41, 5.74) is 1.20. The largest absolute Gasteiger partial charge is 0.373 e. The van der Waals surface area contributed by atoms with E-state index in [-0.39, 0.29) is 0 Å². The highest BCUT2D eigenvalue weighted by atomic mass is 15.3. The molecule has 2 N–H and O–H groups in total. The maximum absolute atomic E-state index is 4.34. The van der Waals surface area contributed by atoms with Crippen molar-refractivity contribution in [3.63, 3.8) is 0 Å². The van der Waals surface area contributed by atoms with Gasteiger partial charge in [0.05, 0.1) is 0 Å². The highest BCUT2D eigenvalue weighted by molar-refractivity contribution is 5.47. The summed E-state index contributed by atoms with van der Waals surface area (Å²) in [6, 6.07) is 3.92. The number of nitrogens with zero attached hydrogens (tertiary/aromatic N) is 4. The summed E-state index contributed by atoms with van der Waals surface area (Å²) in [6.07, 6.45) is 2.72. The van der Waals surface area contributed by atoms with Crippen LogP contribution in [0.1, 0.15) is 11.5 Å². The van der Waals surface area contributed by atoms with Crippen LogP contribution < -0.4 is 10.6 Å². The van der Waals surface area contributed by atoms with Gasteiger partial charge in [0.25, 0.3) is 0 Å². The number of aryl methyl sites for hydroxylation is 2. The van der Waals surface area contributed by atoms with E-state index in [2.05, 4.69) is 25.7 Å². The molecule has 0 unspecified atom stereocenters. The number of anilines is 2. The zero-order chi connectivity index (χ0) is 13.0. The summed E-state index contributed by atoms with van der Waals surface area (Å²) in [5.74, 6) is 2.42. The van der Waals surface area contributed by atoms with E-state index < -0.39 is 0 Å². The quantitative estimate of drug-likeness (QED) is 0.830. The number of rotatable bonds is 5. The second-order valence-corrected chi connectivity index (χ2v) is 4.06. The van der Waals surface area contributed by atoms with Crippen molar-refractivity contribution in [1.29, 1.82) is 0 Å². The molecule has 0 aliphatic rings. The van der Waals surface area contributed by atoms with Crippen molar-refractivity contribution in [2.24, 2.45) is 7.05 Å². The Morgan fingerprint density at radius 1 is 1.28 bits per heavy atom. The Bertz CT molecular complexity index is 519. The lowest BCUT2D eigenvalue weighted by Gasteiger charge is -2.08. The van der Waals surface area contributed by atoms with Crippen molar-refractivity contribution in [2.75, 3.05) is 24.2 Å². The molecule has 2 aromatic rings. The van der Waals surface area contributed by atoms with Crippen LogP contribution in [0.2, 0.25) is 0 Å². The minimum absolute atomic E-state index is 0.755. The van der Waals surface area contributed by atoms with Gasteiger partial charge in [0.1, 0.15) is 17.5 Å². The van der Waals surface area contributed by atoms with Crippen molar-refractivity contribution >= 4 is 11.6 Å². The molecule has 0 amide bonds. The lowest BCUT2D eigenvalue weighted by atomic mass is 10.3. The first-order chi connectivity index (χ1) is 8.69. The summed E-state index contributed by atoms with van der Waals surface area (Å²) in [6.45, 7) is 2.70. The van der Waals surface area contributed by atoms with Gasteiger partial charge in [0, 0.05) is 45.0 Å². The Balaban J connectivity index is 1.94. The SMILES string of the molecule is CNc1cc(NCCc2ccnn2C)nc(C)n1. The normalized spacial score (nSPS) is 10.4. The molecule has 2 heterocycles. The number of aromatic nitrogens is 4. The van der Waals surface area contributed by atoms with Crippen molar-refractivity contribution < 1.29 is 0 Å². The van der Waals surface area contributed by atoms with Gasteiger partial charge in [-0.05, 0) is 13.0 Å². The number of hydrogen-bond donors (Lipinski definition) is 2. The van der Waals surface area contributed by atoms with Gasteiger partial charge in [-0.15, -0.1) is 0 Å². The fraction of sp³-hybridized carbons (Fsp3) is 0.417. The second-order valence-electron chi connectivity index (χ2n) is 4.06. The summed E-state index contributed by atoms with van der Waals surface area (Å²) in [5, 5.41) is 10.4. The third kappa shape index (κ3) is 2.97. The summed E-state index contributed by atoms with van der Waals surface area (Å²) >= 11 is 0. The minimum atomic E-state index is 0.755. The molecule has 0 fully saturated rings. The van der Waals surface area contributed by atoms with Gasteiger partial charge < -0.3 is 10.6 Å². The Labute approximate surface area is 106 Å². The third-order valence-electron chi connectivity index (χ3n) is 2.70. The summed E-state index contributed by atoms with van der Waals surface area (Å²) in [7, 11) is 3.80. The number of hydrogen-bond acceptors (Lipinski definition) is 5. The highest BCUT2D eigenvalue weighted by Crippen LogP contribution is 2.10. The Hall–Kier alpha value is -2.11. The molecule has 6 heteroatoms. The van der Waals surface area contributed by atoms with Gasteiger partial charge in [-0.2, -0.15) is 5.10 Å². The van der Waals surface area contributed by atoms with Crippen LogP contribution in [0.5, 0.6) is 0 Å². The van der Waals surface area contributed by atoms with Crippen LogP contribution >= 0.6 is 0 Å². The van der Waals surface area contributed by atoms with Crippen LogP contribution in [0.15, 0.2) is 18.3 Å². The van der Waals surface area contributed by atoms with Gasteiger partial charge in [-0.1, -0.05) is 0 Å². The van der Waals surface area contributed by atoms with Crippen LogP contribution in [0.4, 0.5) is 11.6 Å². The smallest absolute Gasteiger partial charge is 0.131 e. The fourth-order valence-corrected chi connectivity index (χ4v) is 1.75. The van der Waals surface area contributed by atoms with E-state index in [0.29, 0.717) is 0 Å². The van der Waals surface area contributed by atoms with Gasteiger partial charge >= 0.3 is 0 Å². The molecule has 2 aromatic heterocycles. The molecule has 0 saturated heterocycles. The molecular formula is C12H18N6. The average Bonchev–Trinajstić information content (AvgIpc) is 2.74. The van der Waals surface area contributed by atoms with Gasteiger partial charge in [0.2, 0.25) is 0 Å². The average molecular weight is 246 g/mol. The zero-order valence-corrected chi connectivity index (χ0v) is 10.9. The molecule has 0 spiro atoms. The standard InChI is InChI=1S/C12H18N6/c1-9-16-11(13-2)8-12(17-9)14-6-4-10-5-7-15-18(10)3/h5,7-8H,4,6H2,1-3H3,(H2,13,14,16,17). The van der Waals surface area contributed by atoms with Crippen LogP contribution in [-0.2, 0) is 13.5 Å². The van der Waals surface area contributed by atoms with Crippen LogP contribution in [0, 0.1) is 6.92 Å². The van der Waals surface area contributed by atoms with Crippen LogP contribution in [0.25, 0.3) is 0 Å². The van der Waals surface area contributed by atoms with Gasteiger partial charge in [-0.25, -0.2) is 9.97 Å². The monoisotopic (exact) mass is 246 g/mol. The van der Waals surface area contributed by atoms with E-state index in [4.69, 9.17) is 0 Å². The molecule has 0 aliphatic heterocycles. The number of nitrogens with one attached hydrogen (secondary N) is 2. The molecule has 0 aromatic carbocycles. The highest BCUT2D eigenvalue weighted by Gasteiger charge is 2.01. The molecule has 18 heavy (non-hydrogen) atoms. The van der Waals surface area contributed by atoms with E-state index in [9.17, 15) is 0 Å². The topological polar surface area (TPSA) is 67.7 Å². The molecule has 6 nitrogen and oxygen atoms in total. The molecule has 0 bridgehead atoms. The first-order valence-corrected chi connectivity index (χ1v) is 5.93. The maximum atomic E-state index is 4.34. The van der Waals surface area contributed by atoms with Crippen molar-refractivity contribution in [3.05, 3.63) is 29.8 Å². The zero-order valence-electron chi connectivity index (χ0n) is 10.9. The third-order valence-corrected chi connectivity index (χ3v) is 2.70. The van der Waals surface area contributed by atoms with E-state index in [1.165, 1.54) is 5.69 Å². The predicted octanol–water partition coefficient (Wildman–Crippen LogP) is 1.21. The van der Waals surface area contributed by atoms with Crippen molar-refractivity contribution in [1.82, 2.24) is 19.7 Å². The summed E-state index contributed by atoms with van der Waals surface area (Å²) in [4.78, 5) is 8.59. The lowest BCUT2D eigenvalue weighted by Crippen LogP contribution is -2.10. The molecule has 0 radical (unpaired) electrons. The Kier molecular flexibility index (Phi) is 3.76. The Morgan fingerprint density at radius 2 is 2.06 bits per heavy atom. The van der Waals surface area contributed by atoms with Gasteiger partial charge in [-0.3, -0.25) is 4.68 Å². The predicted molar refractivity (Wildman–Crippen MR) is 71.7 cm³/mol. The molecule has 0 aliphatic carbocycles. The minimum Gasteiger partial charge on any atom is -0.373 e. The molecule has 96 valence electrons. The maximum Gasteiger partial charge on any atom is 0.131 e. The molecule has 0 saturated carbocycles. The Morgan fingerprint density at radius 3 is 2.72 bits per heavy atom. The van der Waals surface area contributed by atoms with Crippen LogP contribution in [0.3, 0.4) is 0 Å². The van der Waals surface area contributed by atoms with Gasteiger partial charge in [0.15, 0.2) is 0 Å². The first-order valence-electron chi connectivity index (χ1n) is 5.93. The molecular weight excluding hydrogens is 228 g/mol. The fourth-order valence-electron chi connectivity index (χ4n) is 1.75. The molecule has 0 atom stereocenters. The van der Waals surface area contributed by atoms with Crippen molar-refractivity contribution in [3.8, 4) is 0 Å². The first kappa shape index (κ1) is 12.3. The van der Waals surface area contributed by atoms with Crippen molar-refractivity contribution in [2.45, 2.75) is 13.3 Å². The summed E-state index contributed by atoms with van der Waals surface area (Å²) < 4.78 is 1.88. The van der Waals surface area contributed by atoms with Crippen LogP contribution in [-0.4, -0.2) is 33.3 Å².